The Morgan fingerprint density at radius 2 is 1.39 bits per heavy atom. The van der Waals surface area contributed by atoms with Gasteiger partial charge in [0.15, 0.2) is 0 Å². The Kier molecular flexibility index (Phi) is 10.5. The van der Waals surface area contributed by atoms with Crippen LogP contribution in [0.4, 0.5) is 0 Å². The molecule has 0 saturated carbocycles. The molecule has 0 aliphatic carbocycles. The van der Waals surface area contributed by atoms with E-state index in [1.54, 1.807) is 0 Å². The molecule has 0 N–H and O–H groups in total. The van der Waals surface area contributed by atoms with Crippen LogP contribution in [0.5, 0.6) is 0 Å². The molecule has 0 spiro atoms. The van der Waals surface area contributed by atoms with Crippen LogP contribution in [-0.2, 0) is 4.43 Å². The van der Waals surface area contributed by atoms with Gasteiger partial charge in [0.2, 0.25) is 8.32 Å². The normalized spacial score (nSPS) is 13.2. The van der Waals surface area contributed by atoms with E-state index in [1.807, 2.05) is 0 Å². The predicted octanol–water partition coefficient (Wildman–Crippen LogP) is 6.42. The third-order valence-electron chi connectivity index (χ3n) is 4.77. The first-order chi connectivity index (χ1) is 11.1. The summed E-state index contributed by atoms with van der Waals surface area (Å²) in [5.41, 5.74) is 0. The third kappa shape index (κ3) is 8.71. The van der Waals surface area contributed by atoms with Gasteiger partial charge in [0.1, 0.15) is 0 Å². The molecule has 23 heavy (non-hydrogen) atoms. The first-order valence-electron chi connectivity index (χ1n) is 9.83. The van der Waals surface area contributed by atoms with E-state index in [0.29, 0.717) is 6.10 Å². The maximum Gasteiger partial charge on any atom is 0.218 e. The van der Waals surface area contributed by atoms with Crippen molar-refractivity contribution in [2.24, 2.45) is 0 Å². The first-order valence-corrected chi connectivity index (χ1v) is 12.7. The highest BCUT2D eigenvalue weighted by atomic mass is 28.4. The zero-order valence-corrected chi connectivity index (χ0v) is 16.9. The van der Waals surface area contributed by atoms with E-state index in [-0.39, 0.29) is 0 Å². The van der Waals surface area contributed by atoms with Gasteiger partial charge in [0.05, 0.1) is 0 Å². The Bertz CT molecular complexity index is 388. The molecule has 1 aromatic rings. The van der Waals surface area contributed by atoms with Crippen LogP contribution in [0.1, 0.15) is 78.1 Å². The topological polar surface area (TPSA) is 9.23 Å². The molecule has 0 bridgehead atoms. The van der Waals surface area contributed by atoms with Gasteiger partial charge in [0.25, 0.3) is 0 Å². The van der Waals surface area contributed by atoms with Crippen LogP contribution < -0.4 is 5.19 Å². The molecule has 0 amide bonds. The zero-order valence-electron chi connectivity index (χ0n) is 15.9. The SMILES string of the molecule is CCCCCCCCCCC(CC)O[Si](C)(C)c1ccccc1. The van der Waals surface area contributed by atoms with Gasteiger partial charge in [-0.25, -0.2) is 0 Å². The summed E-state index contributed by atoms with van der Waals surface area (Å²) in [4.78, 5) is 0. The largest absolute Gasteiger partial charge is 0.410 e. The van der Waals surface area contributed by atoms with Crippen LogP contribution >= 0.6 is 0 Å². The lowest BCUT2D eigenvalue weighted by molar-refractivity contribution is 0.178. The van der Waals surface area contributed by atoms with E-state index in [4.69, 9.17) is 4.43 Å². The summed E-state index contributed by atoms with van der Waals surface area (Å²) in [6.07, 6.45) is 13.9. The number of rotatable bonds is 13. The summed E-state index contributed by atoms with van der Waals surface area (Å²) in [6, 6.07) is 10.8. The summed E-state index contributed by atoms with van der Waals surface area (Å²) in [5.74, 6) is 0. The monoisotopic (exact) mass is 334 g/mol. The highest BCUT2D eigenvalue weighted by Crippen LogP contribution is 2.17. The Morgan fingerprint density at radius 3 is 1.96 bits per heavy atom. The molecule has 1 atom stereocenters. The van der Waals surface area contributed by atoms with E-state index in [0.717, 1.165) is 6.42 Å². The Hall–Kier alpha value is -0.603. The molecule has 1 aromatic carbocycles. The van der Waals surface area contributed by atoms with Gasteiger partial charge in [-0.1, -0.05) is 95.5 Å². The molecule has 0 radical (unpaired) electrons. The van der Waals surface area contributed by atoms with E-state index < -0.39 is 8.32 Å². The molecule has 0 fully saturated rings. The molecule has 0 heterocycles. The second kappa shape index (κ2) is 11.9. The van der Waals surface area contributed by atoms with Crippen molar-refractivity contribution in [1.29, 1.82) is 0 Å². The molecule has 1 rings (SSSR count). The van der Waals surface area contributed by atoms with Crippen molar-refractivity contribution in [2.45, 2.75) is 97.3 Å². The minimum Gasteiger partial charge on any atom is -0.410 e. The van der Waals surface area contributed by atoms with Gasteiger partial charge in [-0.05, 0) is 31.1 Å². The van der Waals surface area contributed by atoms with Gasteiger partial charge in [-0.3, -0.25) is 0 Å². The lowest BCUT2D eigenvalue weighted by atomic mass is 10.0. The standard InChI is InChI=1S/C21H38OSi/c1-5-7-8-9-10-11-12-14-17-20(6-2)22-23(3,4)21-18-15-13-16-19-21/h13,15-16,18-20H,5-12,14,17H2,1-4H3. The fraction of sp³-hybridized carbons (Fsp3) is 0.714. The molecule has 132 valence electrons. The lowest BCUT2D eigenvalue weighted by Crippen LogP contribution is -2.47. The minimum absolute atomic E-state index is 0.442. The number of unbranched alkanes of at least 4 members (excludes halogenated alkanes) is 7. The van der Waals surface area contributed by atoms with Gasteiger partial charge in [-0.2, -0.15) is 0 Å². The van der Waals surface area contributed by atoms with Crippen LogP contribution in [0.2, 0.25) is 13.1 Å². The lowest BCUT2D eigenvalue weighted by Gasteiger charge is -2.29. The van der Waals surface area contributed by atoms with Crippen LogP contribution in [0.15, 0.2) is 30.3 Å². The Morgan fingerprint density at radius 1 is 0.826 bits per heavy atom. The van der Waals surface area contributed by atoms with Crippen molar-refractivity contribution in [1.82, 2.24) is 0 Å². The maximum absolute atomic E-state index is 6.57. The number of hydrogen-bond acceptors (Lipinski definition) is 1. The third-order valence-corrected chi connectivity index (χ3v) is 7.41. The predicted molar refractivity (Wildman–Crippen MR) is 106 cm³/mol. The number of hydrogen-bond donors (Lipinski definition) is 0. The fourth-order valence-electron chi connectivity index (χ4n) is 3.18. The van der Waals surface area contributed by atoms with E-state index in [9.17, 15) is 0 Å². The summed E-state index contributed by atoms with van der Waals surface area (Å²) in [5, 5.41) is 1.41. The van der Waals surface area contributed by atoms with Crippen molar-refractivity contribution in [3.8, 4) is 0 Å². The smallest absolute Gasteiger partial charge is 0.218 e. The average molecular weight is 335 g/mol. The van der Waals surface area contributed by atoms with Crippen molar-refractivity contribution in [3.63, 3.8) is 0 Å². The average Bonchev–Trinajstić information content (AvgIpc) is 2.57. The quantitative estimate of drug-likeness (QED) is 0.298. The Balaban J connectivity index is 2.24. The van der Waals surface area contributed by atoms with Crippen LogP contribution in [-0.4, -0.2) is 14.4 Å². The van der Waals surface area contributed by atoms with Crippen LogP contribution in [0, 0.1) is 0 Å². The van der Waals surface area contributed by atoms with E-state index in [1.165, 1.54) is 63.0 Å². The molecular formula is C21H38OSi. The van der Waals surface area contributed by atoms with Crippen molar-refractivity contribution in [2.75, 3.05) is 0 Å². The van der Waals surface area contributed by atoms with E-state index in [2.05, 4.69) is 57.3 Å². The van der Waals surface area contributed by atoms with Gasteiger partial charge >= 0.3 is 0 Å². The molecule has 1 unspecified atom stereocenters. The second-order valence-electron chi connectivity index (χ2n) is 7.29. The van der Waals surface area contributed by atoms with E-state index >= 15 is 0 Å². The highest BCUT2D eigenvalue weighted by molar-refractivity contribution is 6.84. The maximum atomic E-state index is 6.57. The molecule has 1 nitrogen and oxygen atoms in total. The van der Waals surface area contributed by atoms with Crippen molar-refractivity contribution >= 4 is 13.5 Å². The zero-order chi connectivity index (χ0) is 17.0. The van der Waals surface area contributed by atoms with Gasteiger partial charge in [-0.15, -0.1) is 0 Å². The molecule has 2 heteroatoms. The van der Waals surface area contributed by atoms with Crippen molar-refractivity contribution in [3.05, 3.63) is 30.3 Å². The first kappa shape index (κ1) is 20.4. The highest BCUT2D eigenvalue weighted by Gasteiger charge is 2.28. The molecule has 0 saturated heterocycles. The van der Waals surface area contributed by atoms with Crippen LogP contribution in [0.25, 0.3) is 0 Å². The summed E-state index contributed by atoms with van der Waals surface area (Å²) < 4.78 is 6.57. The summed E-state index contributed by atoms with van der Waals surface area (Å²) in [6.45, 7) is 9.22. The Labute approximate surface area is 146 Å². The minimum atomic E-state index is -1.75. The molecular weight excluding hydrogens is 296 g/mol. The fourth-order valence-corrected chi connectivity index (χ4v) is 5.43. The van der Waals surface area contributed by atoms with Crippen LogP contribution in [0.3, 0.4) is 0 Å². The van der Waals surface area contributed by atoms with Gasteiger partial charge in [0, 0.05) is 6.10 Å². The second-order valence-corrected chi connectivity index (χ2v) is 11.1. The van der Waals surface area contributed by atoms with Crippen molar-refractivity contribution < 1.29 is 4.43 Å². The molecule has 0 aliphatic rings. The molecule has 0 aliphatic heterocycles. The summed E-state index contributed by atoms with van der Waals surface area (Å²) >= 11 is 0. The number of benzene rings is 1. The molecule has 0 aromatic heterocycles. The van der Waals surface area contributed by atoms with Gasteiger partial charge < -0.3 is 4.43 Å². The summed E-state index contributed by atoms with van der Waals surface area (Å²) in [7, 11) is -1.75.